The molecule has 13 nitrogen and oxygen atoms in total. The molecule has 7 aliphatic heterocycles. The number of ether oxygens (including phenoxy) is 5. The van der Waals surface area contributed by atoms with Crippen molar-refractivity contribution in [3.63, 3.8) is 0 Å². The van der Waals surface area contributed by atoms with Crippen LogP contribution in [0.4, 0.5) is 0 Å². The maximum Gasteiger partial charge on any atom is 0.333 e. The van der Waals surface area contributed by atoms with E-state index in [1.807, 2.05) is 44.0 Å². The minimum atomic E-state index is -1.23. The third-order valence-electron chi connectivity index (χ3n) is 12.6. The third-order valence-corrected chi connectivity index (χ3v) is 14.1. The number of fused-ring (bicyclic) bond motifs is 11. The van der Waals surface area contributed by atoms with Crippen LogP contribution in [0, 0.1) is 13.8 Å². The number of phenolic OH excluding ortho intramolecular Hbond substituents is 1. The van der Waals surface area contributed by atoms with Crippen LogP contribution in [0.25, 0.3) is 10.9 Å². The van der Waals surface area contributed by atoms with Crippen molar-refractivity contribution < 1.29 is 43.5 Å². The first-order valence-corrected chi connectivity index (χ1v) is 19.5. The fourth-order valence-corrected chi connectivity index (χ4v) is 12.1. The van der Waals surface area contributed by atoms with E-state index >= 15 is 0 Å². The van der Waals surface area contributed by atoms with E-state index in [0.29, 0.717) is 47.1 Å². The second kappa shape index (κ2) is 12.0. The second-order valence-electron chi connectivity index (χ2n) is 15.3. The molecule has 4 N–H and O–H groups in total. The summed E-state index contributed by atoms with van der Waals surface area (Å²) in [6, 6.07) is 8.07. The van der Waals surface area contributed by atoms with E-state index < -0.39 is 47.1 Å². The summed E-state index contributed by atoms with van der Waals surface area (Å²) in [5, 5.41) is 28.7. The average molecular weight is 755 g/mol. The van der Waals surface area contributed by atoms with Gasteiger partial charge in [-0.15, -0.1) is 11.8 Å². The Morgan fingerprint density at radius 1 is 1.09 bits per heavy atom. The summed E-state index contributed by atoms with van der Waals surface area (Å²) < 4.78 is 30.6. The largest absolute Gasteiger partial charge is 0.504 e. The van der Waals surface area contributed by atoms with E-state index in [0.717, 1.165) is 50.8 Å². The van der Waals surface area contributed by atoms with Crippen LogP contribution in [0.2, 0.25) is 0 Å². The molecule has 2 fully saturated rings. The summed E-state index contributed by atoms with van der Waals surface area (Å²) in [5.41, 5.74) is 6.07. The van der Waals surface area contributed by atoms with Crippen molar-refractivity contribution in [2.24, 2.45) is 0 Å². The summed E-state index contributed by atoms with van der Waals surface area (Å²) in [5.74, 6) is 1.13. The number of hydrogen-bond acceptors (Lipinski definition) is 13. The molecule has 0 radical (unpaired) electrons. The number of piperazine rings is 1. The number of H-pyrrole nitrogens is 1. The van der Waals surface area contributed by atoms with E-state index in [1.54, 1.807) is 18.9 Å². The molecule has 8 heterocycles. The van der Waals surface area contributed by atoms with Gasteiger partial charge >= 0.3 is 11.9 Å². The van der Waals surface area contributed by atoms with Crippen molar-refractivity contribution in [2.75, 3.05) is 39.9 Å². The predicted molar refractivity (Wildman–Crippen MR) is 198 cm³/mol. The standard InChI is InChI=1S/C40H42N4O9S/c1-17-12-20-13-24-38(47)44-25-14-50-39(48)40(37-22(10-11-41-40)21-8-6-7-9-23(21)42-37)15-54-36(30(44)29(43(24)4)26(20)31(46)32(17)49-5)28-27(25)35-34(51-16-52-35)18(2)33(28)53-19(3)45/h6-9,12,24-25,29-30,36,38,41-42,46-47H,10-11,13-16H2,1-5H3/t24-,25-,29-,30+,36+,38-,40+/m0/s1. The fraction of sp³-hybridized carbons (Fsp3) is 0.450. The molecule has 4 bridgehead atoms. The van der Waals surface area contributed by atoms with E-state index in [-0.39, 0.29) is 30.9 Å². The van der Waals surface area contributed by atoms with Crippen molar-refractivity contribution in [1.29, 1.82) is 0 Å². The number of phenols is 1. The van der Waals surface area contributed by atoms with Crippen LogP contribution in [0.3, 0.4) is 0 Å². The van der Waals surface area contributed by atoms with Crippen molar-refractivity contribution in [3.05, 3.63) is 75.0 Å². The number of rotatable bonds is 2. The number of para-hydroxylation sites is 1. The van der Waals surface area contributed by atoms with Crippen LogP contribution in [-0.4, -0.2) is 95.1 Å². The highest BCUT2D eigenvalue weighted by molar-refractivity contribution is 7.99. The molecule has 4 aromatic rings. The van der Waals surface area contributed by atoms with Crippen LogP contribution >= 0.6 is 11.8 Å². The first kappa shape index (κ1) is 34.1. The molecule has 54 heavy (non-hydrogen) atoms. The Morgan fingerprint density at radius 3 is 2.69 bits per heavy atom. The van der Waals surface area contributed by atoms with Gasteiger partial charge in [-0.05, 0) is 56.5 Å². The number of thioether (sulfide) groups is 1. The summed E-state index contributed by atoms with van der Waals surface area (Å²) in [4.78, 5) is 35.5. The van der Waals surface area contributed by atoms with Crippen LogP contribution in [0.15, 0.2) is 30.3 Å². The zero-order valence-corrected chi connectivity index (χ0v) is 31.5. The van der Waals surface area contributed by atoms with Crippen molar-refractivity contribution in [1.82, 2.24) is 20.1 Å². The molecule has 0 unspecified atom stereocenters. The van der Waals surface area contributed by atoms with Gasteiger partial charge in [0.15, 0.2) is 28.5 Å². The Bertz CT molecular complexity index is 2290. The van der Waals surface area contributed by atoms with Gasteiger partial charge in [0.05, 0.1) is 36.2 Å². The number of aromatic hydroxyl groups is 1. The zero-order valence-electron chi connectivity index (χ0n) is 30.6. The number of hydrogen-bond donors (Lipinski definition) is 4. The Hall–Kier alpha value is -4.47. The van der Waals surface area contributed by atoms with E-state index in [4.69, 9.17) is 23.7 Å². The van der Waals surface area contributed by atoms with Crippen molar-refractivity contribution >= 4 is 34.6 Å². The monoisotopic (exact) mass is 754 g/mol. The molecule has 0 saturated carbocycles. The number of aromatic amines is 1. The number of nitrogens with zero attached hydrogens (tertiary/aromatic N) is 2. The molecule has 11 rings (SSSR count). The number of methoxy groups -OCH3 is 1. The molecular weight excluding hydrogens is 713 g/mol. The number of nitrogens with one attached hydrogen (secondary N) is 2. The molecule has 0 amide bonds. The normalized spacial score (nSPS) is 29.6. The van der Waals surface area contributed by atoms with Gasteiger partial charge in [0.1, 0.15) is 18.6 Å². The Balaban J connectivity index is 1.24. The minimum absolute atomic E-state index is 0.0347. The maximum atomic E-state index is 14.8. The lowest BCUT2D eigenvalue weighted by molar-refractivity contribution is -0.186. The summed E-state index contributed by atoms with van der Waals surface area (Å²) in [6.45, 7) is 5.54. The van der Waals surface area contributed by atoms with Crippen molar-refractivity contribution in [2.45, 2.75) is 74.8 Å². The molecule has 282 valence electrons. The second-order valence-corrected chi connectivity index (χ2v) is 16.4. The number of aromatic nitrogens is 1. The molecule has 14 heteroatoms. The highest BCUT2D eigenvalue weighted by Gasteiger charge is 2.61. The first-order chi connectivity index (χ1) is 26.1. The van der Waals surface area contributed by atoms with Gasteiger partial charge in [-0.25, -0.2) is 4.79 Å². The molecule has 7 atom stereocenters. The molecule has 1 aromatic heterocycles. The van der Waals surface area contributed by atoms with Crippen LogP contribution in [0.1, 0.15) is 68.9 Å². The highest BCUT2D eigenvalue weighted by Crippen LogP contribution is 2.64. The Labute approximate surface area is 315 Å². The van der Waals surface area contributed by atoms with Crippen molar-refractivity contribution in [3.8, 4) is 28.7 Å². The summed E-state index contributed by atoms with van der Waals surface area (Å²) in [7, 11) is 3.54. The number of esters is 2. The highest BCUT2D eigenvalue weighted by atomic mass is 32.2. The Kier molecular flexibility index (Phi) is 7.58. The Morgan fingerprint density at radius 2 is 1.89 bits per heavy atom. The lowest BCUT2D eigenvalue weighted by Gasteiger charge is -2.62. The smallest absolute Gasteiger partial charge is 0.333 e. The van der Waals surface area contributed by atoms with Crippen LogP contribution in [-0.2, 0) is 32.7 Å². The zero-order chi connectivity index (χ0) is 37.4. The van der Waals surface area contributed by atoms with E-state index in [9.17, 15) is 19.8 Å². The quantitative estimate of drug-likeness (QED) is 0.171. The van der Waals surface area contributed by atoms with Gasteiger partial charge in [0.2, 0.25) is 6.79 Å². The van der Waals surface area contributed by atoms with Gasteiger partial charge in [-0.3, -0.25) is 19.9 Å². The number of aryl methyl sites for hydroxylation is 1. The van der Waals surface area contributed by atoms with Gasteiger partial charge < -0.3 is 38.9 Å². The average Bonchev–Trinajstić information content (AvgIpc) is 3.80. The summed E-state index contributed by atoms with van der Waals surface area (Å²) in [6.07, 6.45) is 0.205. The van der Waals surface area contributed by atoms with Gasteiger partial charge in [-0.1, -0.05) is 24.3 Å². The summed E-state index contributed by atoms with van der Waals surface area (Å²) >= 11 is 1.54. The van der Waals surface area contributed by atoms with Gasteiger partial charge in [0, 0.05) is 58.4 Å². The van der Waals surface area contributed by atoms with Crippen LogP contribution in [0.5, 0.6) is 28.7 Å². The predicted octanol–water partition coefficient (Wildman–Crippen LogP) is 4.18. The molecule has 1 spiro atoms. The SMILES string of the molecule is COc1c(C)cc2c(c1O)[C@H]1[C@@H]3[C@@H]4SC[C@]5(NCCc6c5[nH]c5ccccc65)C(=O)OC[C@@H](c5c6c(c(C)c(OC(C)=O)c54)OCO6)N3[C@@H](O)[C@H](C2)N1C. The molecule has 2 saturated heterocycles. The first-order valence-electron chi connectivity index (χ1n) is 18.4. The molecule has 7 aliphatic rings. The number of carbonyl (C=O) groups is 2. The number of aliphatic hydroxyl groups excluding tert-OH is 1. The molecular formula is C40H42N4O9S. The van der Waals surface area contributed by atoms with E-state index in [2.05, 4.69) is 27.3 Å². The topological polar surface area (TPSA) is 155 Å². The number of carbonyl (C=O) groups excluding carboxylic acids is 2. The number of aliphatic hydroxyl groups is 1. The molecule has 0 aliphatic carbocycles. The molecule has 3 aromatic carbocycles. The third kappa shape index (κ3) is 4.42. The minimum Gasteiger partial charge on any atom is -0.504 e. The number of benzene rings is 3. The lowest BCUT2D eigenvalue weighted by Crippen LogP contribution is -2.70. The van der Waals surface area contributed by atoms with Crippen LogP contribution < -0.4 is 24.3 Å². The maximum absolute atomic E-state index is 14.8. The van der Waals surface area contributed by atoms with E-state index in [1.165, 1.54) is 6.92 Å². The van der Waals surface area contributed by atoms with Gasteiger partial charge in [0.25, 0.3) is 0 Å². The number of likely N-dealkylation sites (N-methyl/N-ethyl adjacent to an activating group) is 1. The van der Waals surface area contributed by atoms with Gasteiger partial charge in [-0.2, -0.15) is 0 Å². The lowest BCUT2D eigenvalue weighted by atomic mass is 9.73. The fourth-order valence-electron chi connectivity index (χ4n) is 10.4.